The van der Waals surface area contributed by atoms with E-state index in [0.29, 0.717) is 5.56 Å². The van der Waals surface area contributed by atoms with Crippen molar-refractivity contribution in [3.63, 3.8) is 0 Å². The molecule has 0 aliphatic rings. The first-order valence-electron chi connectivity index (χ1n) is 7.69. The van der Waals surface area contributed by atoms with Gasteiger partial charge in [-0.3, -0.25) is 15.1 Å². The zero-order valence-corrected chi connectivity index (χ0v) is 15.2. The molecule has 3 aromatic rings. The largest absolute Gasteiger partial charge is 0.399 e. The molecule has 130 valence electrons. The van der Waals surface area contributed by atoms with Gasteiger partial charge in [0.25, 0.3) is 5.69 Å². The van der Waals surface area contributed by atoms with Crippen LogP contribution in [0.1, 0.15) is 5.56 Å². The fourth-order valence-corrected chi connectivity index (χ4v) is 4.05. The smallest absolute Gasteiger partial charge is 0.278 e. The van der Waals surface area contributed by atoms with Crippen molar-refractivity contribution in [1.82, 2.24) is 0 Å². The number of nitrogens with two attached hydrogens (primary N) is 1. The lowest BCUT2D eigenvalue weighted by atomic mass is 10.2. The molecule has 0 spiro atoms. The summed E-state index contributed by atoms with van der Waals surface area (Å²) in [6, 6.07) is 22.0. The van der Waals surface area contributed by atoms with Gasteiger partial charge in [-0.05, 0) is 54.6 Å². The topological polar surface area (TPSA) is 81.5 Å². The first-order chi connectivity index (χ1) is 12.6. The molecule has 0 saturated heterocycles. The monoisotopic (exact) mass is 381 g/mol. The van der Waals surface area contributed by atoms with Crippen molar-refractivity contribution in [3.05, 3.63) is 88.5 Å². The molecule has 26 heavy (non-hydrogen) atoms. The highest BCUT2D eigenvalue weighted by Crippen LogP contribution is 2.38. The molecule has 2 N–H and O–H groups in total. The molecule has 0 aliphatic carbocycles. The van der Waals surface area contributed by atoms with Crippen molar-refractivity contribution in [3.8, 4) is 0 Å². The van der Waals surface area contributed by atoms with Gasteiger partial charge in [0.1, 0.15) is 0 Å². The molecule has 3 aromatic carbocycles. The summed E-state index contributed by atoms with van der Waals surface area (Å²) in [4.78, 5) is 17.2. The number of nitro groups is 1. The molecule has 0 heterocycles. The van der Waals surface area contributed by atoms with Crippen LogP contribution in [0.5, 0.6) is 0 Å². The van der Waals surface area contributed by atoms with Crippen molar-refractivity contribution < 1.29 is 4.92 Å². The van der Waals surface area contributed by atoms with Crippen LogP contribution in [0, 0.1) is 10.1 Å². The Balaban J connectivity index is 1.64. The second-order valence-electron chi connectivity index (χ2n) is 5.30. The van der Waals surface area contributed by atoms with E-state index in [2.05, 4.69) is 4.99 Å². The lowest BCUT2D eigenvalue weighted by Gasteiger charge is -2.02. The van der Waals surface area contributed by atoms with Gasteiger partial charge in [0, 0.05) is 27.8 Å². The highest BCUT2D eigenvalue weighted by atomic mass is 33.1. The van der Waals surface area contributed by atoms with E-state index in [-0.39, 0.29) is 5.69 Å². The van der Waals surface area contributed by atoms with E-state index in [1.807, 2.05) is 48.5 Å². The van der Waals surface area contributed by atoms with Crippen LogP contribution in [0.3, 0.4) is 0 Å². The molecular weight excluding hydrogens is 366 g/mol. The highest BCUT2D eigenvalue weighted by Gasteiger charge is 2.09. The average molecular weight is 381 g/mol. The van der Waals surface area contributed by atoms with Gasteiger partial charge in [0.2, 0.25) is 0 Å². The zero-order chi connectivity index (χ0) is 18.4. The van der Waals surface area contributed by atoms with Crippen molar-refractivity contribution in [1.29, 1.82) is 0 Å². The van der Waals surface area contributed by atoms with E-state index in [4.69, 9.17) is 5.73 Å². The maximum Gasteiger partial charge on any atom is 0.278 e. The molecular formula is C19H15N3O2S2. The second-order valence-corrected chi connectivity index (χ2v) is 7.58. The van der Waals surface area contributed by atoms with Crippen LogP contribution in [-0.2, 0) is 0 Å². The maximum absolute atomic E-state index is 11.0. The van der Waals surface area contributed by atoms with Crippen molar-refractivity contribution in [2.75, 3.05) is 5.73 Å². The van der Waals surface area contributed by atoms with Gasteiger partial charge in [-0.2, -0.15) is 0 Å². The summed E-state index contributed by atoms with van der Waals surface area (Å²) in [6.45, 7) is 0. The Morgan fingerprint density at radius 2 is 1.46 bits per heavy atom. The predicted molar refractivity (Wildman–Crippen MR) is 109 cm³/mol. The van der Waals surface area contributed by atoms with Crippen LogP contribution >= 0.6 is 21.6 Å². The highest BCUT2D eigenvalue weighted by molar-refractivity contribution is 8.76. The van der Waals surface area contributed by atoms with Crippen molar-refractivity contribution >= 4 is 44.9 Å². The molecule has 0 bridgehead atoms. The maximum atomic E-state index is 11.0. The SMILES string of the molecule is Nc1ccc(SSc2ccc(/N=C/c3ccccc3[N+](=O)[O-])cc2)cc1. The number of nitro benzene ring substituents is 1. The molecule has 0 radical (unpaired) electrons. The number of hydrogen-bond donors (Lipinski definition) is 1. The van der Waals surface area contributed by atoms with Gasteiger partial charge >= 0.3 is 0 Å². The van der Waals surface area contributed by atoms with Gasteiger partial charge in [-0.1, -0.05) is 33.7 Å². The summed E-state index contributed by atoms with van der Waals surface area (Å²) in [6.07, 6.45) is 1.52. The Hall–Kier alpha value is -2.77. The minimum absolute atomic E-state index is 0.0447. The number of aliphatic imine (C=N–C) groups is 1. The number of anilines is 1. The molecule has 0 amide bonds. The predicted octanol–water partition coefficient (Wildman–Crippen LogP) is 5.73. The van der Waals surface area contributed by atoms with Crippen molar-refractivity contribution in [2.45, 2.75) is 9.79 Å². The number of nitrogen functional groups attached to an aromatic ring is 1. The van der Waals surface area contributed by atoms with Gasteiger partial charge in [-0.25, -0.2) is 0 Å². The van der Waals surface area contributed by atoms with E-state index in [0.717, 1.165) is 21.2 Å². The van der Waals surface area contributed by atoms with Crippen LogP contribution in [0.2, 0.25) is 0 Å². The second kappa shape index (κ2) is 8.55. The number of rotatable bonds is 6. The van der Waals surface area contributed by atoms with E-state index in [1.54, 1.807) is 39.8 Å². The Labute approximate surface area is 158 Å². The first kappa shape index (κ1) is 18.0. The third kappa shape index (κ3) is 4.87. The Kier molecular flexibility index (Phi) is 5.93. The normalized spacial score (nSPS) is 10.9. The van der Waals surface area contributed by atoms with Gasteiger partial charge in [0.15, 0.2) is 0 Å². The van der Waals surface area contributed by atoms with Gasteiger partial charge < -0.3 is 5.73 Å². The number of para-hydroxylation sites is 1. The van der Waals surface area contributed by atoms with E-state index in [9.17, 15) is 10.1 Å². The van der Waals surface area contributed by atoms with Gasteiger partial charge in [-0.15, -0.1) is 0 Å². The molecule has 3 rings (SSSR count). The standard InChI is InChI=1S/C19H15N3O2S2/c20-15-5-9-17(10-6-15)25-26-18-11-7-16(8-12-18)21-13-14-3-1-2-4-19(14)22(23)24/h1-13H,20H2/b21-13+. The fourth-order valence-electron chi connectivity index (χ4n) is 2.11. The molecule has 0 unspecified atom stereocenters. The summed E-state index contributed by atoms with van der Waals surface area (Å²) in [5, 5.41) is 11.0. The molecule has 0 saturated carbocycles. The summed E-state index contributed by atoms with van der Waals surface area (Å²) in [5.74, 6) is 0. The third-order valence-corrected chi connectivity index (χ3v) is 5.85. The number of nitrogens with zero attached hydrogens (tertiary/aromatic N) is 2. The number of hydrogen-bond acceptors (Lipinski definition) is 6. The van der Waals surface area contributed by atoms with E-state index < -0.39 is 4.92 Å². The zero-order valence-electron chi connectivity index (χ0n) is 13.6. The summed E-state index contributed by atoms with van der Waals surface area (Å²) in [5.41, 5.74) is 7.70. The summed E-state index contributed by atoms with van der Waals surface area (Å²) < 4.78 is 0. The lowest BCUT2D eigenvalue weighted by molar-refractivity contribution is -0.385. The third-order valence-electron chi connectivity index (χ3n) is 3.44. The number of benzene rings is 3. The minimum Gasteiger partial charge on any atom is -0.399 e. The molecule has 7 heteroatoms. The first-order valence-corrected chi connectivity index (χ1v) is 9.84. The summed E-state index contributed by atoms with van der Waals surface area (Å²) >= 11 is 0. The molecule has 0 fully saturated rings. The summed E-state index contributed by atoms with van der Waals surface area (Å²) in [7, 11) is 3.29. The van der Waals surface area contributed by atoms with E-state index in [1.165, 1.54) is 12.3 Å². The van der Waals surface area contributed by atoms with E-state index >= 15 is 0 Å². The molecule has 0 aliphatic heterocycles. The van der Waals surface area contributed by atoms with Crippen LogP contribution < -0.4 is 5.73 Å². The van der Waals surface area contributed by atoms with Crippen LogP contribution in [0.25, 0.3) is 0 Å². The van der Waals surface area contributed by atoms with Crippen LogP contribution in [0.4, 0.5) is 17.1 Å². The Morgan fingerprint density at radius 1 is 0.885 bits per heavy atom. The quantitative estimate of drug-likeness (QED) is 0.194. The Bertz CT molecular complexity index is 926. The Morgan fingerprint density at radius 3 is 2.08 bits per heavy atom. The van der Waals surface area contributed by atoms with Crippen LogP contribution in [-0.4, -0.2) is 11.1 Å². The minimum atomic E-state index is -0.407. The average Bonchev–Trinajstić information content (AvgIpc) is 2.67. The fraction of sp³-hybridized carbons (Fsp3) is 0. The van der Waals surface area contributed by atoms with Crippen LogP contribution in [0.15, 0.2) is 87.6 Å². The van der Waals surface area contributed by atoms with Gasteiger partial charge in [0.05, 0.1) is 16.2 Å². The molecule has 5 nitrogen and oxygen atoms in total. The molecule has 0 atom stereocenters. The lowest BCUT2D eigenvalue weighted by Crippen LogP contribution is -1.93. The van der Waals surface area contributed by atoms with Crippen molar-refractivity contribution in [2.24, 2.45) is 4.99 Å². The molecule has 0 aromatic heterocycles.